The maximum atomic E-state index is 12.2. The largest absolute Gasteiger partial charge is 0.331 e. The van der Waals surface area contributed by atoms with Crippen molar-refractivity contribution in [2.45, 2.75) is 46.1 Å². The molecule has 0 aromatic heterocycles. The Morgan fingerprint density at radius 3 is 2.35 bits per heavy atom. The van der Waals surface area contributed by atoms with E-state index in [-0.39, 0.29) is 17.9 Å². The molecule has 1 heterocycles. The Labute approximate surface area is 101 Å². The second-order valence-corrected chi connectivity index (χ2v) is 5.14. The Hall–Kier alpha value is -1.39. The van der Waals surface area contributed by atoms with E-state index in [2.05, 4.69) is 5.32 Å². The van der Waals surface area contributed by atoms with Crippen LogP contribution in [0.25, 0.3) is 0 Å². The van der Waals surface area contributed by atoms with Gasteiger partial charge >= 0.3 is 6.03 Å². The maximum absolute atomic E-state index is 12.2. The van der Waals surface area contributed by atoms with Crippen LogP contribution in [0.1, 0.15) is 40.0 Å². The summed E-state index contributed by atoms with van der Waals surface area (Å²) in [5.41, 5.74) is -0.921. The number of hydrogen-bond donors (Lipinski definition) is 1. The number of carbonyl (C=O) groups excluding carboxylic acids is 3. The van der Waals surface area contributed by atoms with Crippen molar-refractivity contribution >= 4 is 17.8 Å². The van der Waals surface area contributed by atoms with Gasteiger partial charge < -0.3 is 0 Å². The Morgan fingerprint density at radius 1 is 1.29 bits per heavy atom. The topological polar surface area (TPSA) is 66.5 Å². The van der Waals surface area contributed by atoms with E-state index in [0.29, 0.717) is 12.8 Å². The Balaban J connectivity index is 2.25. The molecule has 2 aliphatic rings. The second-order valence-electron chi connectivity index (χ2n) is 5.14. The first-order valence-corrected chi connectivity index (χ1v) is 6.13. The number of carbonyl (C=O) groups is 3. The van der Waals surface area contributed by atoms with Gasteiger partial charge in [-0.15, -0.1) is 0 Å². The van der Waals surface area contributed by atoms with Gasteiger partial charge in [0.05, 0.1) is 0 Å². The highest BCUT2D eigenvalue weighted by Gasteiger charge is 2.62. The summed E-state index contributed by atoms with van der Waals surface area (Å²) in [7, 11) is 0. The first kappa shape index (κ1) is 12.1. The normalized spacial score (nSPS) is 25.8. The second kappa shape index (κ2) is 3.82. The first-order chi connectivity index (χ1) is 7.94. The molecule has 1 aliphatic heterocycles. The van der Waals surface area contributed by atoms with E-state index in [9.17, 15) is 14.4 Å². The quantitative estimate of drug-likeness (QED) is 0.753. The number of nitrogens with zero attached hydrogens (tertiary/aromatic N) is 1. The summed E-state index contributed by atoms with van der Waals surface area (Å²) in [5, 5.41) is 2.30. The van der Waals surface area contributed by atoms with Crippen molar-refractivity contribution in [1.29, 1.82) is 0 Å². The van der Waals surface area contributed by atoms with E-state index >= 15 is 0 Å². The van der Waals surface area contributed by atoms with Gasteiger partial charge in [-0.25, -0.2) is 4.79 Å². The molecule has 0 bridgehead atoms. The molecule has 0 radical (unpaired) electrons. The van der Waals surface area contributed by atoms with Crippen LogP contribution in [0.5, 0.6) is 0 Å². The van der Waals surface area contributed by atoms with Crippen molar-refractivity contribution in [3.63, 3.8) is 0 Å². The lowest BCUT2D eigenvalue weighted by Gasteiger charge is -2.36. The molecule has 1 N–H and O–H groups in total. The number of urea groups is 1. The van der Waals surface area contributed by atoms with E-state index in [1.54, 1.807) is 0 Å². The molecule has 2 rings (SSSR count). The minimum Gasteiger partial charge on any atom is -0.277 e. The van der Waals surface area contributed by atoms with Crippen LogP contribution in [0.3, 0.4) is 0 Å². The summed E-state index contributed by atoms with van der Waals surface area (Å²) < 4.78 is 0. The van der Waals surface area contributed by atoms with Crippen molar-refractivity contribution < 1.29 is 14.4 Å². The van der Waals surface area contributed by atoms with Crippen molar-refractivity contribution in [3.8, 4) is 0 Å². The molecule has 17 heavy (non-hydrogen) atoms. The third-order valence-electron chi connectivity index (χ3n) is 4.13. The molecular formula is C12H18N2O3. The summed E-state index contributed by atoms with van der Waals surface area (Å²) in [6.07, 6.45) is 2.02. The summed E-state index contributed by atoms with van der Waals surface area (Å²) in [6.45, 7) is 5.88. The molecule has 1 spiro atoms. The molecule has 2 atom stereocenters. The van der Waals surface area contributed by atoms with Crippen molar-refractivity contribution in [3.05, 3.63) is 0 Å². The van der Waals surface area contributed by atoms with Crippen LogP contribution in [0, 0.1) is 11.3 Å². The van der Waals surface area contributed by atoms with Gasteiger partial charge in [-0.3, -0.25) is 19.8 Å². The Kier molecular flexibility index (Phi) is 2.72. The molecule has 0 aromatic rings. The van der Waals surface area contributed by atoms with Gasteiger partial charge in [0.1, 0.15) is 5.41 Å². The van der Waals surface area contributed by atoms with Gasteiger partial charge in [0.2, 0.25) is 11.8 Å². The highest BCUT2D eigenvalue weighted by molar-refractivity contribution is 6.21. The average Bonchev–Trinajstić information content (AvgIpc) is 3.07. The number of barbiturate groups is 1. The zero-order valence-electron chi connectivity index (χ0n) is 10.4. The lowest BCUT2D eigenvalue weighted by molar-refractivity contribution is -0.146. The average molecular weight is 238 g/mol. The van der Waals surface area contributed by atoms with E-state index in [1.807, 2.05) is 20.8 Å². The fraction of sp³-hybridized carbons (Fsp3) is 0.750. The zero-order valence-corrected chi connectivity index (χ0v) is 10.4. The third-order valence-corrected chi connectivity index (χ3v) is 4.13. The number of hydrogen-bond acceptors (Lipinski definition) is 3. The fourth-order valence-electron chi connectivity index (χ4n) is 2.23. The smallest absolute Gasteiger partial charge is 0.277 e. The molecule has 2 unspecified atom stereocenters. The van der Waals surface area contributed by atoms with Crippen LogP contribution >= 0.6 is 0 Å². The first-order valence-electron chi connectivity index (χ1n) is 6.13. The van der Waals surface area contributed by atoms with Crippen molar-refractivity contribution in [1.82, 2.24) is 10.2 Å². The molecule has 94 valence electrons. The van der Waals surface area contributed by atoms with Crippen LogP contribution in [-0.2, 0) is 9.59 Å². The lowest BCUT2D eigenvalue weighted by atomic mass is 9.95. The van der Waals surface area contributed by atoms with Crippen LogP contribution in [0.2, 0.25) is 0 Å². The van der Waals surface area contributed by atoms with E-state index in [4.69, 9.17) is 0 Å². The zero-order chi connectivity index (χ0) is 12.8. The van der Waals surface area contributed by atoms with Gasteiger partial charge in [0, 0.05) is 6.04 Å². The van der Waals surface area contributed by atoms with Crippen LogP contribution < -0.4 is 5.32 Å². The predicted octanol–water partition coefficient (Wildman–Crippen LogP) is 1.28. The highest BCUT2D eigenvalue weighted by Crippen LogP contribution is 2.49. The SMILES string of the molecule is CCC(C)C(C)N1C(=O)NC(=O)C2(CC2)C1=O. The summed E-state index contributed by atoms with van der Waals surface area (Å²) in [5.74, 6) is -0.493. The minimum absolute atomic E-state index is 0.168. The molecular weight excluding hydrogens is 220 g/mol. The molecule has 4 amide bonds. The number of imide groups is 2. The van der Waals surface area contributed by atoms with Crippen molar-refractivity contribution in [2.75, 3.05) is 0 Å². The summed E-state index contributed by atoms with van der Waals surface area (Å²) in [4.78, 5) is 36.9. The maximum Gasteiger partial charge on any atom is 0.331 e. The fourth-order valence-corrected chi connectivity index (χ4v) is 2.23. The van der Waals surface area contributed by atoms with Crippen LogP contribution in [0.15, 0.2) is 0 Å². The Bertz CT molecular complexity index is 387. The summed E-state index contributed by atoms with van der Waals surface area (Å²) in [6, 6.07) is -0.733. The van der Waals surface area contributed by atoms with Gasteiger partial charge in [-0.1, -0.05) is 20.3 Å². The monoisotopic (exact) mass is 238 g/mol. The van der Waals surface area contributed by atoms with E-state index in [1.165, 1.54) is 4.90 Å². The van der Waals surface area contributed by atoms with Crippen molar-refractivity contribution in [2.24, 2.45) is 11.3 Å². The van der Waals surface area contributed by atoms with Gasteiger partial charge in [-0.2, -0.15) is 0 Å². The molecule has 1 saturated heterocycles. The molecule has 0 aromatic carbocycles. The molecule has 1 aliphatic carbocycles. The summed E-state index contributed by atoms with van der Waals surface area (Å²) >= 11 is 0. The molecule has 1 saturated carbocycles. The molecule has 5 heteroatoms. The van der Waals surface area contributed by atoms with E-state index in [0.717, 1.165) is 6.42 Å². The highest BCUT2D eigenvalue weighted by atomic mass is 16.2. The standard InChI is InChI=1S/C12H18N2O3/c1-4-7(2)8(3)14-10(16)12(5-6-12)9(15)13-11(14)17/h7-8H,4-6H2,1-3H3,(H,13,15,17). The van der Waals surface area contributed by atoms with Gasteiger partial charge in [0.25, 0.3) is 0 Å². The van der Waals surface area contributed by atoms with E-state index < -0.39 is 17.4 Å². The number of rotatable bonds is 3. The number of amides is 4. The lowest BCUT2D eigenvalue weighted by Crippen LogP contribution is -2.62. The third kappa shape index (κ3) is 1.64. The predicted molar refractivity (Wildman–Crippen MR) is 61.0 cm³/mol. The minimum atomic E-state index is -0.921. The van der Waals surface area contributed by atoms with Crippen LogP contribution in [-0.4, -0.2) is 28.8 Å². The molecule has 2 fully saturated rings. The Morgan fingerprint density at radius 2 is 1.88 bits per heavy atom. The van der Waals surface area contributed by atoms with Gasteiger partial charge in [-0.05, 0) is 25.7 Å². The number of nitrogens with one attached hydrogen (secondary N) is 1. The van der Waals surface area contributed by atoms with Gasteiger partial charge in [0.15, 0.2) is 0 Å². The molecule has 5 nitrogen and oxygen atoms in total. The van der Waals surface area contributed by atoms with Crippen LogP contribution in [0.4, 0.5) is 4.79 Å².